The van der Waals surface area contributed by atoms with Crippen molar-refractivity contribution in [2.75, 3.05) is 11.4 Å². The lowest BCUT2D eigenvalue weighted by atomic mass is 10.1. The third-order valence-electron chi connectivity index (χ3n) is 3.09. The van der Waals surface area contributed by atoms with Crippen molar-refractivity contribution in [1.29, 1.82) is 0 Å². The first kappa shape index (κ1) is 14.7. The Kier molecular flexibility index (Phi) is 3.90. The van der Waals surface area contributed by atoms with Crippen LogP contribution in [0.1, 0.15) is 12.0 Å². The van der Waals surface area contributed by atoms with E-state index in [0.717, 1.165) is 0 Å². The van der Waals surface area contributed by atoms with Crippen molar-refractivity contribution in [2.45, 2.75) is 18.6 Å². The van der Waals surface area contributed by atoms with Crippen molar-refractivity contribution in [2.24, 2.45) is 0 Å². The highest BCUT2D eigenvalue weighted by Crippen LogP contribution is 2.32. The minimum absolute atomic E-state index is 0.0490. The zero-order valence-corrected chi connectivity index (χ0v) is 13.0. The molecule has 0 aliphatic carbocycles. The van der Waals surface area contributed by atoms with Crippen LogP contribution in [-0.2, 0) is 13.8 Å². The Morgan fingerprint density at radius 1 is 1.47 bits per heavy atom. The van der Waals surface area contributed by atoms with Gasteiger partial charge in [-0.2, -0.15) is 0 Å². The molecule has 0 aromatic heterocycles. The minimum Gasteiger partial charge on any atom is -0.311 e. The summed E-state index contributed by atoms with van der Waals surface area (Å²) in [5, 5.41) is -0.951. The van der Waals surface area contributed by atoms with E-state index in [-0.39, 0.29) is 24.4 Å². The second kappa shape index (κ2) is 5.03. The predicted molar refractivity (Wildman–Crippen MR) is 74.4 cm³/mol. The number of hydrogen-bond donors (Lipinski definition) is 0. The topological polar surface area (TPSA) is 54.5 Å². The molecule has 1 fully saturated rings. The smallest absolute Gasteiger partial charge is 0.237 e. The summed E-state index contributed by atoms with van der Waals surface area (Å²) >= 11 is 3.05. The molecule has 1 aliphatic heterocycles. The van der Waals surface area contributed by atoms with Crippen LogP contribution < -0.4 is 4.90 Å². The van der Waals surface area contributed by atoms with Gasteiger partial charge in [-0.05, 0) is 35.0 Å². The summed E-state index contributed by atoms with van der Waals surface area (Å²) in [5.41, 5.74) is 0.656. The first-order valence-electron chi connectivity index (χ1n) is 5.40. The normalized spacial score (nSPS) is 20.1. The lowest BCUT2D eigenvalue weighted by Crippen LogP contribution is -2.27. The first-order valence-corrected chi connectivity index (χ1v) is 8.57. The average molecular weight is 371 g/mol. The van der Waals surface area contributed by atoms with Crippen molar-refractivity contribution in [1.82, 2.24) is 0 Å². The molecule has 0 spiro atoms. The number of amides is 1. The zero-order valence-electron chi connectivity index (χ0n) is 9.86. The van der Waals surface area contributed by atoms with E-state index in [1.165, 1.54) is 17.9 Å². The molecule has 1 aromatic rings. The highest BCUT2D eigenvalue weighted by atomic mass is 79.9. The highest BCUT2D eigenvalue weighted by Gasteiger charge is 2.38. The summed E-state index contributed by atoms with van der Waals surface area (Å²) in [5.74, 6) is -0.846. The molecule has 2 rings (SSSR count). The second-order valence-corrected chi connectivity index (χ2v) is 8.07. The fourth-order valence-corrected chi connectivity index (χ4v) is 3.49. The maximum Gasteiger partial charge on any atom is 0.237 e. The van der Waals surface area contributed by atoms with Crippen LogP contribution in [0.4, 0.5) is 10.1 Å². The number of hydrogen-bond acceptors (Lipinski definition) is 3. The van der Waals surface area contributed by atoms with Crippen LogP contribution in [-0.4, -0.2) is 26.1 Å². The fourth-order valence-electron chi connectivity index (χ4n) is 2.03. The second-order valence-electron chi connectivity index (χ2n) is 4.31. The Morgan fingerprint density at radius 3 is 2.63 bits per heavy atom. The third kappa shape index (κ3) is 2.78. The molecule has 0 bridgehead atoms. The first-order chi connectivity index (χ1) is 8.71. The molecule has 1 amide bonds. The largest absolute Gasteiger partial charge is 0.311 e. The molecule has 19 heavy (non-hydrogen) atoms. The molecule has 1 heterocycles. The molecule has 1 saturated heterocycles. The van der Waals surface area contributed by atoms with Crippen molar-refractivity contribution in [3.63, 3.8) is 0 Å². The summed E-state index contributed by atoms with van der Waals surface area (Å²) in [6.07, 6.45) is -0.178. The van der Waals surface area contributed by atoms with Gasteiger partial charge in [0.15, 0.2) is 0 Å². The Labute approximate surface area is 123 Å². The Hall–Kier alpha value is -0.660. The highest BCUT2D eigenvalue weighted by molar-refractivity contribution is 9.10. The number of carbonyl (C=O) groups excluding carboxylic acids is 1. The van der Waals surface area contributed by atoms with Crippen LogP contribution in [0.5, 0.6) is 0 Å². The van der Waals surface area contributed by atoms with Gasteiger partial charge in [0.05, 0.1) is 4.47 Å². The molecular formula is C11H10BrClFNO3S. The van der Waals surface area contributed by atoms with Crippen LogP contribution >= 0.6 is 26.6 Å². The molecule has 0 saturated carbocycles. The minimum atomic E-state index is -3.80. The molecule has 1 aliphatic rings. The van der Waals surface area contributed by atoms with E-state index in [0.29, 0.717) is 10.2 Å². The van der Waals surface area contributed by atoms with Crippen LogP contribution in [0.15, 0.2) is 16.6 Å². The van der Waals surface area contributed by atoms with Crippen LogP contribution in [0.2, 0.25) is 0 Å². The van der Waals surface area contributed by atoms with E-state index in [4.69, 9.17) is 10.7 Å². The number of benzene rings is 1. The summed E-state index contributed by atoms with van der Waals surface area (Å²) < 4.78 is 36.6. The van der Waals surface area contributed by atoms with Crippen molar-refractivity contribution in [3.05, 3.63) is 28.0 Å². The fraction of sp³-hybridized carbons (Fsp3) is 0.364. The Bertz CT molecular complexity index is 650. The zero-order chi connectivity index (χ0) is 14.4. The molecule has 104 valence electrons. The van der Waals surface area contributed by atoms with E-state index in [2.05, 4.69) is 15.9 Å². The van der Waals surface area contributed by atoms with Crippen molar-refractivity contribution in [3.8, 4) is 0 Å². The molecule has 1 unspecified atom stereocenters. The van der Waals surface area contributed by atoms with Crippen LogP contribution in [0, 0.1) is 12.7 Å². The monoisotopic (exact) mass is 369 g/mol. The summed E-state index contributed by atoms with van der Waals surface area (Å²) in [6.45, 7) is 1.48. The van der Waals surface area contributed by atoms with Crippen LogP contribution in [0.3, 0.4) is 0 Å². The number of rotatable bonds is 2. The number of carbonyl (C=O) groups is 1. The van der Waals surface area contributed by atoms with Gasteiger partial charge < -0.3 is 4.90 Å². The van der Waals surface area contributed by atoms with Gasteiger partial charge in [0.25, 0.3) is 0 Å². The van der Waals surface area contributed by atoms with E-state index >= 15 is 0 Å². The van der Waals surface area contributed by atoms with Gasteiger partial charge in [0, 0.05) is 34.9 Å². The maximum atomic E-state index is 13.8. The van der Waals surface area contributed by atoms with Crippen molar-refractivity contribution >= 4 is 47.3 Å². The molecule has 0 N–H and O–H groups in total. The molecule has 4 nitrogen and oxygen atoms in total. The quantitative estimate of drug-likeness (QED) is 0.752. The van der Waals surface area contributed by atoms with E-state index < -0.39 is 20.1 Å². The van der Waals surface area contributed by atoms with Crippen molar-refractivity contribution < 1.29 is 17.6 Å². The van der Waals surface area contributed by atoms with Gasteiger partial charge in [0.2, 0.25) is 15.0 Å². The average Bonchev–Trinajstić information content (AvgIpc) is 2.68. The molecule has 8 heteroatoms. The van der Waals surface area contributed by atoms with E-state index in [9.17, 15) is 17.6 Å². The molecule has 1 atom stereocenters. The van der Waals surface area contributed by atoms with Gasteiger partial charge >= 0.3 is 0 Å². The summed E-state index contributed by atoms with van der Waals surface area (Å²) in [7, 11) is 1.46. The maximum absolute atomic E-state index is 13.8. The molecular weight excluding hydrogens is 361 g/mol. The Balaban J connectivity index is 2.39. The lowest BCUT2D eigenvalue weighted by molar-refractivity contribution is -0.117. The molecule has 0 radical (unpaired) electrons. The van der Waals surface area contributed by atoms with Gasteiger partial charge in [-0.25, -0.2) is 12.8 Å². The van der Waals surface area contributed by atoms with Gasteiger partial charge in [-0.15, -0.1) is 0 Å². The SMILES string of the molecule is Cc1c(N2CC(S(=O)(=O)Cl)CC2=O)ccc(Br)c1F. The molecule has 1 aromatic carbocycles. The number of halogens is 3. The van der Waals surface area contributed by atoms with Gasteiger partial charge in [-0.3, -0.25) is 4.79 Å². The van der Waals surface area contributed by atoms with Crippen LogP contribution in [0.25, 0.3) is 0 Å². The van der Waals surface area contributed by atoms with E-state index in [1.807, 2.05) is 0 Å². The van der Waals surface area contributed by atoms with E-state index in [1.54, 1.807) is 6.07 Å². The standard InChI is InChI=1S/C11H10BrClFNO3S/c1-6-9(3-2-8(12)11(6)14)15-5-7(4-10(15)16)19(13,17)18/h2-3,7H,4-5H2,1H3. The summed E-state index contributed by atoms with van der Waals surface area (Å²) in [4.78, 5) is 13.1. The lowest BCUT2D eigenvalue weighted by Gasteiger charge is -2.19. The number of nitrogens with zero attached hydrogens (tertiary/aromatic N) is 1. The van der Waals surface area contributed by atoms with Gasteiger partial charge in [-0.1, -0.05) is 0 Å². The predicted octanol–water partition coefficient (Wildman–Crippen LogP) is 2.57. The summed E-state index contributed by atoms with van der Waals surface area (Å²) in [6, 6.07) is 3.05. The Morgan fingerprint density at radius 2 is 2.11 bits per heavy atom. The van der Waals surface area contributed by atoms with Gasteiger partial charge in [0.1, 0.15) is 11.1 Å². The number of anilines is 1. The third-order valence-corrected chi connectivity index (χ3v) is 5.57.